The van der Waals surface area contributed by atoms with Gasteiger partial charge in [0.15, 0.2) is 0 Å². The molecule has 0 radical (unpaired) electrons. The topological polar surface area (TPSA) is 20.3 Å². The minimum Gasteiger partial charge on any atom is -0.337 e. The maximum absolute atomic E-state index is 13.7. The summed E-state index contributed by atoms with van der Waals surface area (Å²) < 4.78 is 27.7. The highest BCUT2D eigenvalue weighted by Crippen LogP contribution is 2.21. The quantitative estimate of drug-likeness (QED) is 0.827. The molecule has 0 aliphatic rings. The Kier molecular flexibility index (Phi) is 4.49. The summed E-state index contributed by atoms with van der Waals surface area (Å²) in [5.41, 5.74) is 0.355. The van der Waals surface area contributed by atoms with Crippen molar-refractivity contribution in [3.05, 3.63) is 69.7 Å². The molecule has 0 saturated heterocycles. The summed E-state index contributed by atoms with van der Waals surface area (Å²) in [6, 6.07) is 11.4. The Bertz CT molecular complexity index is 608. The van der Waals surface area contributed by atoms with E-state index in [2.05, 4.69) is 15.9 Å². The van der Waals surface area contributed by atoms with E-state index in [-0.39, 0.29) is 11.0 Å². The first kappa shape index (κ1) is 14.7. The van der Waals surface area contributed by atoms with E-state index < -0.39 is 23.1 Å². The van der Waals surface area contributed by atoms with Crippen LogP contribution in [0.15, 0.2) is 46.9 Å². The molecule has 2 aromatic carbocycles. The zero-order valence-corrected chi connectivity index (χ0v) is 12.3. The van der Waals surface area contributed by atoms with Crippen molar-refractivity contribution in [3.8, 4) is 0 Å². The van der Waals surface area contributed by atoms with Crippen molar-refractivity contribution in [3.63, 3.8) is 0 Å². The lowest BCUT2D eigenvalue weighted by molar-refractivity contribution is 0.0775. The molecule has 0 aliphatic carbocycles. The van der Waals surface area contributed by atoms with Crippen LogP contribution in [-0.2, 0) is 6.54 Å². The molecule has 0 heterocycles. The highest BCUT2D eigenvalue weighted by atomic mass is 79.9. The average Bonchev–Trinajstić information content (AvgIpc) is 2.38. The van der Waals surface area contributed by atoms with Crippen LogP contribution in [0.5, 0.6) is 0 Å². The van der Waals surface area contributed by atoms with Crippen molar-refractivity contribution < 1.29 is 13.6 Å². The predicted molar refractivity (Wildman–Crippen MR) is 76.3 cm³/mol. The summed E-state index contributed by atoms with van der Waals surface area (Å²) >= 11 is 2.98. The van der Waals surface area contributed by atoms with Gasteiger partial charge in [0.1, 0.15) is 17.2 Å². The van der Waals surface area contributed by atoms with Gasteiger partial charge < -0.3 is 4.90 Å². The van der Waals surface area contributed by atoms with Crippen LogP contribution < -0.4 is 0 Å². The highest BCUT2D eigenvalue weighted by Gasteiger charge is 2.21. The summed E-state index contributed by atoms with van der Waals surface area (Å²) in [5.74, 6) is -2.43. The zero-order valence-electron chi connectivity index (χ0n) is 10.7. The van der Waals surface area contributed by atoms with Crippen LogP contribution in [0, 0.1) is 11.6 Å². The largest absolute Gasteiger partial charge is 0.337 e. The van der Waals surface area contributed by atoms with Crippen LogP contribution in [0.25, 0.3) is 0 Å². The number of carbonyl (C=O) groups is 1. The van der Waals surface area contributed by atoms with E-state index in [9.17, 15) is 13.6 Å². The number of nitrogens with zero attached hydrogens (tertiary/aromatic N) is 1. The number of halogens is 3. The molecule has 20 heavy (non-hydrogen) atoms. The fraction of sp³-hybridized carbons (Fsp3) is 0.133. The van der Waals surface area contributed by atoms with E-state index >= 15 is 0 Å². The molecule has 0 saturated carbocycles. The molecule has 0 N–H and O–H groups in total. The molecule has 2 aromatic rings. The average molecular weight is 340 g/mol. The maximum atomic E-state index is 13.7. The van der Waals surface area contributed by atoms with E-state index in [1.807, 2.05) is 30.3 Å². The summed E-state index contributed by atoms with van der Waals surface area (Å²) in [7, 11) is 1.51. The van der Waals surface area contributed by atoms with Crippen molar-refractivity contribution in [2.24, 2.45) is 0 Å². The molecule has 0 atom stereocenters. The van der Waals surface area contributed by atoms with Crippen LogP contribution in [0.4, 0.5) is 8.78 Å². The Hall–Kier alpha value is -1.75. The van der Waals surface area contributed by atoms with Gasteiger partial charge in [0.05, 0.1) is 0 Å². The third-order valence-electron chi connectivity index (χ3n) is 2.83. The number of rotatable bonds is 3. The standard InChI is InChI=1S/C15H12BrF2NO/c1-19(9-10-5-3-2-4-6-10)15(20)14-12(17)7-11(16)8-13(14)18/h2-8H,9H2,1H3. The number of carbonyl (C=O) groups excluding carboxylic acids is 1. The van der Waals surface area contributed by atoms with E-state index in [4.69, 9.17) is 0 Å². The molecular formula is C15H12BrF2NO. The lowest BCUT2D eigenvalue weighted by atomic mass is 10.1. The minimum absolute atomic E-state index is 0.259. The summed E-state index contributed by atoms with van der Waals surface area (Å²) in [6.45, 7) is 0.286. The molecule has 0 aromatic heterocycles. The van der Waals surface area contributed by atoms with Gasteiger partial charge in [-0.2, -0.15) is 0 Å². The first-order valence-corrected chi connectivity index (χ1v) is 6.72. The van der Waals surface area contributed by atoms with Gasteiger partial charge in [0.25, 0.3) is 5.91 Å². The van der Waals surface area contributed by atoms with Crippen LogP contribution in [0.3, 0.4) is 0 Å². The lowest BCUT2D eigenvalue weighted by Gasteiger charge is -2.18. The second-order valence-electron chi connectivity index (χ2n) is 4.39. The smallest absolute Gasteiger partial charge is 0.259 e. The van der Waals surface area contributed by atoms with Crippen LogP contribution >= 0.6 is 15.9 Å². The normalized spacial score (nSPS) is 10.4. The van der Waals surface area contributed by atoms with E-state index in [0.29, 0.717) is 0 Å². The number of hydrogen-bond donors (Lipinski definition) is 0. The number of benzene rings is 2. The minimum atomic E-state index is -0.873. The molecule has 0 unspecified atom stereocenters. The Morgan fingerprint density at radius 1 is 1.15 bits per heavy atom. The molecule has 0 aliphatic heterocycles. The number of hydrogen-bond acceptors (Lipinski definition) is 1. The molecule has 2 nitrogen and oxygen atoms in total. The first-order chi connectivity index (χ1) is 9.49. The van der Waals surface area contributed by atoms with Crippen molar-refractivity contribution >= 4 is 21.8 Å². The molecule has 2 rings (SSSR count). The van der Waals surface area contributed by atoms with Gasteiger partial charge in [-0.1, -0.05) is 46.3 Å². The summed E-state index contributed by atoms with van der Waals surface area (Å²) in [6.07, 6.45) is 0. The van der Waals surface area contributed by atoms with Gasteiger partial charge in [-0.3, -0.25) is 4.79 Å². The fourth-order valence-corrected chi connectivity index (χ4v) is 2.27. The monoisotopic (exact) mass is 339 g/mol. The lowest BCUT2D eigenvalue weighted by Crippen LogP contribution is -2.28. The van der Waals surface area contributed by atoms with Gasteiger partial charge in [-0.15, -0.1) is 0 Å². The van der Waals surface area contributed by atoms with Crippen molar-refractivity contribution in [2.45, 2.75) is 6.54 Å². The Labute approximate surface area is 124 Å². The summed E-state index contributed by atoms with van der Waals surface area (Å²) in [5, 5.41) is 0. The second kappa shape index (κ2) is 6.13. The van der Waals surface area contributed by atoms with Gasteiger partial charge in [0.2, 0.25) is 0 Å². The Morgan fingerprint density at radius 3 is 2.25 bits per heavy atom. The van der Waals surface area contributed by atoms with Gasteiger partial charge in [-0.25, -0.2) is 8.78 Å². The maximum Gasteiger partial charge on any atom is 0.259 e. The molecule has 5 heteroatoms. The first-order valence-electron chi connectivity index (χ1n) is 5.93. The molecule has 104 valence electrons. The van der Waals surface area contributed by atoms with Crippen molar-refractivity contribution in [1.29, 1.82) is 0 Å². The molecule has 0 bridgehead atoms. The molecule has 1 amide bonds. The van der Waals surface area contributed by atoms with Crippen LogP contribution in [0.1, 0.15) is 15.9 Å². The second-order valence-corrected chi connectivity index (χ2v) is 5.31. The van der Waals surface area contributed by atoms with Gasteiger partial charge in [0, 0.05) is 18.1 Å². The van der Waals surface area contributed by atoms with Crippen molar-refractivity contribution in [2.75, 3.05) is 7.05 Å². The van der Waals surface area contributed by atoms with Crippen molar-refractivity contribution in [1.82, 2.24) is 4.90 Å². The Morgan fingerprint density at radius 2 is 1.70 bits per heavy atom. The zero-order chi connectivity index (χ0) is 14.7. The van der Waals surface area contributed by atoms with Crippen LogP contribution in [-0.4, -0.2) is 17.9 Å². The third-order valence-corrected chi connectivity index (χ3v) is 3.29. The highest BCUT2D eigenvalue weighted by molar-refractivity contribution is 9.10. The van der Waals surface area contributed by atoms with Crippen LogP contribution in [0.2, 0.25) is 0 Å². The van der Waals surface area contributed by atoms with Gasteiger partial charge in [-0.05, 0) is 17.7 Å². The van der Waals surface area contributed by atoms with E-state index in [0.717, 1.165) is 17.7 Å². The predicted octanol–water partition coefficient (Wildman–Crippen LogP) is 4.00. The molecule has 0 fully saturated rings. The molecular weight excluding hydrogens is 328 g/mol. The fourth-order valence-electron chi connectivity index (χ4n) is 1.87. The molecule has 0 spiro atoms. The summed E-state index contributed by atoms with van der Waals surface area (Å²) in [4.78, 5) is 13.4. The third kappa shape index (κ3) is 3.22. The van der Waals surface area contributed by atoms with Gasteiger partial charge >= 0.3 is 0 Å². The van der Waals surface area contributed by atoms with E-state index in [1.54, 1.807) is 0 Å². The SMILES string of the molecule is CN(Cc1ccccc1)C(=O)c1c(F)cc(Br)cc1F. The Balaban J connectivity index is 2.23. The number of amides is 1. The van der Waals surface area contributed by atoms with E-state index in [1.165, 1.54) is 11.9 Å².